The summed E-state index contributed by atoms with van der Waals surface area (Å²) in [6.07, 6.45) is 12.6. The summed E-state index contributed by atoms with van der Waals surface area (Å²) in [4.78, 5) is 22.9. The molecule has 6 heteroatoms. The summed E-state index contributed by atoms with van der Waals surface area (Å²) in [6.45, 7) is 3.93. The molecule has 0 unspecified atom stereocenters. The first kappa shape index (κ1) is 17.5. The van der Waals surface area contributed by atoms with Crippen LogP contribution in [0.4, 0.5) is 0 Å². The largest absolute Gasteiger partial charge is 0.473 e. The minimum atomic E-state index is -0.239. The second-order valence-electron chi connectivity index (χ2n) is 7.80. The van der Waals surface area contributed by atoms with Crippen molar-refractivity contribution in [3.05, 3.63) is 29.7 Å². The predicted octanol–water partition coefficient (Wildman–Crippen LogP) is 2.81. The Kier molecular flexibility index (Phi) is 4.94. The normalized spacial score (nSPS) is 24.7. The van der Waals surface area contributed by atoms with Crippen molar-refractivity contribution in [2.24, 2.45) is 0 Å². The third-order valence-corrected chi connectivity index (χ3v) is 5.54. The van der Waals surface area contributed by atoms with E-state index in [1.165, 1.54) is 18.4 Å². The predicted molar refractivity (Wildman–Crippen MR) is 96.9 cm³/mol. The highest BCUT2D eigenvalue weighted by atomic mass is 16.5. The zero-order valence-corrected chi connectivity index (χ0v) is 15.4. The number of hydrogen-bond acceptors (Lipinski definition) is 5. The summed E-state index contributed by atoms with van der Waals surface area (Å²) < 4.78 is 12.1. The van der Waals surface area contributed by atoms with Gasteiger partial charge in [0.1, 0.15) is 11.7 Å². The van der Waals surface area contributed by atoms with Crippen molar-refractivity contribution in [2.75, 3.05) is 19.7 Å². The number of allylic oxidation sites excluding steroid dienone is 1. The van der Waals surface area contributed by atoms with Gasteiger partial charge in [-0.25, -0.2) is 4.98 Å². The highest BCUT2D eigenvalue weighted by molar-refractivity contribution is 5.80. The van der Waals surface area contributed by atoms with Gasteiger partial charge >= 0.3 is 0 Å². The molecule has 6 nitrogen and oxygen atoms in total. The van der Waals surface area contributed by atoms with Crippen LogP contribution in [-0.4, -0.2) is 52.2 Å². The molecule has 2 aliphatic heterocycles. The lowest BCUT2D eigenvalue weighted by atomic mass is 9.84. The molecule has 1 spiro atoms. The zero-order chi connectivity index (χ0) is 18.0. The van der Waals surface area contributed by atoms with Crippen LogP contribution in [0.25, 0.3) is 0 Å². The van der Waals surface area contributed by atoms with Gasteiger partial charge < -0.3 is 14.4 Å². The Morgan fingerprint density at radius 3 is 3.04 bits per heavy atom. The van der Waals surface area contributed by atoms with E-state index in [0.29, 0.717) is 32.0 Å². The van der Waals surface area contributed by atoms with Gasteiger partial charge in [0.15, 0.2) is 0 Å². The third-order valence-electron chi connectivity index (χ3n) is 5.54. The number of carbonyl (C=O) groups is 1. The maximum Gasteiger partial charge on any atom is 0.232 e. The van der Waals surface area contributed by atoms with Crippen molar-refractivity contribution < 1.29 is 14.3 Å². The average Bonchev–Trinajstić information content (AvgIpc) is 2.60. The second-order valence-corrected chi connectivity index (χ2v) is 7.80. The number of amides is 1. The smallest absolute Gasteiger partial charge is 0.232 e. The first-order chi connectivity index (χ1) is 12.6. The molecule has 4 rings (SSSR count). The van der Waals surface area contributed by atoms with Crippen molar-refractivity contribution in [1.29, 1.82) is 0 Å². The molecular formula is C20H27N3O3. The molecule has 1 aliphatic carbocycles. The maximum atomic E-state index is 12.5. The van der Waals surface area contributed by atoms with Gasteiger partial charge in [0.05, 0.1) is 31.6 Å². The molecule has 1 atom stereocenters. The van der Waals surface area contributed by atoms with E-state index in [0.717, 1.165) is 31.4 Å². The molecular weight excluding hydrogens is 330 g/mol. The Bertz CT molecular complexity index is 697. The van der Waals surface area contributed by atoms with Crippen LogP contribution in [0, 0.1) is 6.92 Å². The molecule has 140 valence electrons. The van der Waals surface area contributed by atoms with Crippen LogP contribution in [0.3, 0.4) is 0 Å². The average molecular weight is 357 g/mol. The second kappa shape index (κ2) is 7.35. The van der Waals surface area contributed by atoms with Crippen LogP contribution in [0.15, 0.2) is 24.0 Å². The van der Waals surface area contributed by atoms with Crippen LogP contribution < -0.4 is 4.74 Å². The van der Waals surface area contributed by atoms with Crippen LogP contribution in [-0.2, 0) is 9.53 Å². The molecule has 0 saturated carbocycles. The molecule has 0 N–H and O–H groups in total. The molecule has 2 saturated heterocycles. The van der Waals surface area contributed by atoms with E-state index >= 15 is 0 Å². The quantitative estimate of drug-likeness (QED) is 0.776. The van der Waals surface area contributed by atoms with E-state index in [9.17, 15) is 4.79 Å². The summed E-state index contributed by atoms with van der Waals surface area (Å²) in [6, 6.07) is 0. The van der Waals surface area contributed by atoms with Gasteiger partial charge in [-0.2, -0.15) is 0 Å². The lowest BCUT2D eigenvalue weighted by molar-refractivity contribution is -0.193. The zero-order valence-electron chi connectivity index (χ0n) is 15.4. The van der Waals surface area contributed by atoms with Crippen molar-refractivity contribution in [2.45, 2.75) is 63.6 Å². The fraction of sp³-hybridized carbons (Fsp3) is 0.650. The Labute approximate surface area is 154 Å². The number of ether oxygens (including phenoxy) is 2. The van der Waals surface area contributed by atoms with Crippen LogP contribution in [0.1, 0.15) is 50.6 Å². The Balaban J connectivity index is 1.30. The van der Waals surface area contributed by atoms with Gasteiger partial charge in [-0.15, -0.1) is 0 Å². The molecule has 26 heavy (non-hydrogen) atoms. The van der Waals surface area contributed by atoms with Gasteiger partial charge in [0.2, 0.25) is 11.8 Å². The first-order valence-corrected chi connectivity index (χ1v) is 9.67. The van der Waals surface area contributed by atoms with Gasteiger partial charge in [0, 0.05) is 25.5 Å². The summed E-state index contributed by atoms with van der Waals surface area (Å²) >= 11 is 0. The van der Waals surface area contributed by atoms with E-state index in [4.69, 9.17) is 9.47 Å². The van der Waals surface area contributed by atoms with Crippen molar-refractivity contribution in [1.82, 2.24) is 14.9 Å². The summed E-state index contributed by atoms with van der Waals surface area (Å²) in [7, 11) is 0. The SMILES string of the molecule is Cc1cncc(O[C@@H]2CCOC3(C2)CN(C(=O)CC2=CCCCC2)C3)n1. The number of aromatic nitrogens is 2. The van der Waals surface area contributed by atoms with Gasteiger partial charge in [-0.3, -0.25) is 9.78 Å². The summed E-state index contributed by atoms with van der Waals surface area (Å²) in [5.74, 6) is 0.809. The topological polar surface area (TPSA) is 64.6 Å². The molecule has 2 fully saturated rings. The molecule has 3 heterocycles. The molecule has 1 aromatic heterocycles. The lowest BCUT2D eigenvalue weighted by Crippen LogP contribution is -2.67. The fourth-order valence-corrected chi connectivity index (χ4v) is 4.17. The number of rotatable bonds is 4. The maximum absolute atomic E-state index is 12.5. The highest BCUT2D eigenvalue weighted by Crippen LogP contribution is 2.36. The van der Waals surface area contributed by atoms with Gasteiger partial charge in [-0.05, 0) is 32.6 Å². The van der Waals surface area contributed by atoms with E-state index in [2.05, 4.69) is 16.0 Å². The fourth-order valence-electron chi connectivity index (χ4n) is 4.17. The standard InChI is InChI=1S/C20H27N3O3/c1-15-11-21-12-18(22-15)26-17-7-8-25-20(10-17)13-23(14-20)19(24)9-16-5-3-2-4-6-16/h5,11-12,17H,2-4,6-10,13-14H2,1H3/t17-/m1/s1. The Hall–Kier alpha value is -1.95. The van der Waals surface area contributed by atoms with Crippen LogP contribution in [0.5, 0.6) is 5.88 Å². The van der Waals surface area contributed by atoms with E-state index in [-0.39, 0.29) is 17.6 Å². The molecule has 1 amide bonds. The van der Waals surface area contributed by atoms with Crippen molar-refractivity contribution in [3.63, 3.8) is 0 Å². The molecule has 0 bridgehead atoms. The third kappa shape index (κ3) is 3.90. The summed E-state index contributed by atoms with van der Waals surface area (Å²) in [5.41, 5.74) is 1.92. The molecule has 0 radical (unpaired) electrons. The van der Waals surface area contributed by atoms with Crippen molar-refractivity contribution in [3.8, 4) is 5.88 Å². The highest BCUT2D eigenvalue weighted by Gasteiger charge is 2.49. The Morgan fingerprint density at radius 1 is 1.38 bits per heavy atom. The number of hydrogen-bond donors (Lipinski definition) is 0. The summed E-state index contributed by atoms with van der Waals surface area (Å²) in [5, 5.41) is 0. The van der Waals surface area contributed by atoms with Gasteiger partial charge in [0.25, 0.3) is 0 Å². The molecule has 1 aromatic rings. The van der Waals surface area contributed by atoms with E-state index in [1.807, 2.05) is 11.8 Å². The number of carbonyl (C=O) groups excluding carboxylic acids is 1. The van der Waals surface area contributed by atoms with E-state index in [1.54, 1.807) is 12.4 Å². The number of aryl methyl sites for hydroxylation is 1. The van der Waals surface area contributed by atoms with Gasteiger partial charge in [-0.1, -0.05) is 11.6 Å². The Morgan fingerprint density at radius 2 is 2.27 bits per heavy atom. The van der Waals surface area contributed by atoms with Crippen LogP contribution >= 0.6 is 0 Å². The number of nitrogens with zero attached hydrogens (tertiary/aromatic N) is 3. The molecule has 3 aliphatic rings. The molecule has 0 aromatic carbocycles. The minimum Gasteiger partial charge on any atom is -0.473 e. The van der Waals surface area contributed by atoms with E-state index < -0.39 is 0 Å². The van der Waals surface area contributed by atoms with Crippen molar-refractivity contribution >= 4 is 5.91 Å². The first-order valence-electron chi connectivity index (χ1n) is 9.67. The lowest BCUT2D eigenvalue weighted by Gasteiger charge is -2.53. The monoisotopic (exact) mass is 357 g/mol. The number of likely N-dealkylation sites (tertiary alicyclic amines) is 1. The minimum absolute atomic E-state index is 0.0677. The van der Waals surface area contributed by atoms with Crippen LogP contribution in [0.2, 0.25) is 0 Å².